The lowest BCUT2D eigenvalue weighted by Gasteiger charge is -2.34. The van der Waals surface area contributed by atoms with Crippen LogP contribution in [0.2, 0.25) is 0 Å². The molecule has 5 rings (SSSR count). The first-order chi connectivity index (χ1) is 23.3. The Bertz CT molecular complexity index is 1980. The maximum Gasteiger partial charge on any atom is 0.347 e. The fourth-order valence-electron chi connectivity index (χ4n) is 5.03. The van der Waals surface area contributed by atoms with Crippen molar-refractivity contribution in [3.63, 3.8) is 0 Å². The molecule has 0 amide bonds. The molecule has 2 atom stereocenters. The number of hydrogen-bond acceptors (Lipinski definition) is 11. The van der Waals surface area contributed by atoms with Crippen molar-refractivity contribution in [3.05, 3.63) is 94.2 Å². The summed E-state index contributed by atoms with van der Waals surface area (Å²) in [5, 5.41) is 18.5. The minimum Gasteiger partial charge on any atom is -0.490 e. The maximum atomic E-state index is 13.5. The minimum atomic E-state index is -3.89. The molecule has 0 spiro atoms. The van der Waals surface area contributed by atoms with Crippen LogP contribution in [0, 0.1) is 17.0 Å². The number of nitrogens with two attached hydrogens (primary N) is 1. The van der Waals surface area contributed by atoms with Gasteiger partial charge in [0.05, 0.1) is 40.6 Å². The summed E-state index contributed by atoms with van der Waals surface area (Å²) in [5.41, 5.74) is 2.45. The molecule has 0 saturated carbocycles. The predicted molar refractivity (Wildman–Crippen MR) is 189 cm³/mol. The summed E-state index contributed by atoms with van der Waals surface area (Å²) in [7, 11) is -3.89. The zero-order valence-electron chi connectivity index (χ0n) is 26.5. The monoisotopic (exact) mass is 747 g/mol. The van der Waals surface area contributed by atoms with Crippen LogP contribution in [0.3, 0.4) is 0 Å². The third-order valence-electron chi connectivity index (χ3n) is 7.61. The van der Waals surface area contributed by atoms with E-state index >= 15 is 0 Å². The number of thiol groups is 1. The molecule has 18 heteroatoms. The highest BCUT2D eigenvalue weighted by molar-refractivity contribution is 8.65. The molecule has 1 aliphatic rings. The maximum absolute atomic E-state index is 13.5. The Morgan fingerprint density at radius 3 is 2.41 bits per heavy atom. The SMILES string of the molecule is CCC(COc1cc(-c2cc(C)nn2-c2ccc(S(N)(=O)=O)cc2)ccc1C(=O)Oc1ccc(P(=S)(S)N2CCOCC2)cc1)O[N+](=O)[O-]. The number of carbonyl (C=O) groups is 1. The molecular weight excluding hydrogens is 714 g/mol. The van der Waals surface area contributed by atoms with Gasteiger partial charge in [0.2, 0.25) is 10.0 Å². The molecule has 1 fully saturated rings. The lowest BCUT2D eigenvalue weighted by Crippen LogP contribution is -2.35. The molecular formula is C31H34N5O9PS3. The van der Waals surface area contributed by atoms with Crippen molar-refractivity contribution in [2.75, 3.05) is 32.9 Å². The summed E-state index contributed by atoms with van der Waals surface area (Å²) in [6.45, 7) is 5.83. The molecule has 1 aromatic heterocycles. The Balaban J connectivity index is 1.44. The molecule has 260 valence electrons. The molecule has 3 aromatic carbocycles. The largest absolute Gasteiger partial charge is 0.490 e. The minimum absolute atomic E-state index is 0.0508. The van der Waals surface area contributed by atoms with Gasteiger partial charge in [0.25, 0.3) is 5.09 Å². The average Bonchev–Trinajstić information content (AvgIpc) is 3.48. The highest BCUT2D eigenvalue weighted by Crippen LogP contribution is 2.53. The second kappa shape index (κ2) is 15.4. The van der Waals surface area contributed by atoms with E-state index in [-0.39, 0.29) is 35.0 Å². The van der Waals surface area contributed by atoms with Gasteiger partial charge in [-0.3, -0.25) is 4.67 Å². The van der Waals surface area contributed by atoms with Gasteiger partial charge in [0.15, 0.2) is 0 Å². The Hall–Kier alpha value is -3.83. The summed E-state index contributed by atoms with van der Waals surface area (Å²) in [6, 6.07) is 19.4. The average molecular weight is 748 g/mol. The Labute approximate surface area is 293 Å². The number of morpholine rings is 1. The highest BCUT2D eigenvalue weighted by atomic mass is 32.9. The van der Waals surface area contributed by atoms with Crippen LogP contribution in [0.25, 0.3) is 16.9 Å². The number of ether oxygens (including phenoxy) is 3. The van der Waals surface area contributed by atoms with E-state index < -0.39 is 32.6 Å². The number of sulfonamides is 1. The zero-order chi connectivity index (χ0) is 35.3. The fraction of sp³-hybridized carbons (Fsp3) is 0.290. The van der Waals surface area contributed by atoms with Crippen LogP contribution in [-0.2, 0) is 31.4 Å². The predicted octanol–water partition coefficient (Wildman–Crippen LogP) is 4.28. The zero-order valence-corrected chi connectivity index (χ0v) is 29.9. The van der Waals surface area contributed by atoms with Crippen LogP contribution in [0.4, 0.5) is 0 Å². The van der Waals surface area contributed by atoms with E-state index in [0.29, 0.717) is 48.9 Å². The number of esters is 1. The van der Waals surface area contributed by atoms with E-state index in [0.717, 1.165) is 5.30 Å². The number of benzene rings is 3. The quantitative estimate of drug-likeness (QED) is 0.0496. The normalized spacial score (nSPS) is 15.6. The van der Waals surface area contributed by atoms with E-state index in [2.05, 4.69) is 9.77 Å². The van der Waals surface area contributed by atoms with Crippen molar-refractivity contribution < 1.29 is 37.3 Å². The third kappa shape index (κ3) is 8.86. The van der Waals surface area contributed by atoms with Gasteiger partial charge in [-0.05, 0) is 80.1 Å². The van der Waals surface area contributed by atoms with Crippen LogP contribution in [0.1, 0.15) is 29.4 Å². The lowest BCUT2D eigenvalue weighted by molar-refractivity contribution is -0.768. The molecule has 14 nitrogen and oxygen atoms in total. The first kappa shape index (κ1) is 36.5. The van der Waals surface area contributed by atoms with E-state index in [1.54, 1.807) is 73.1 Å². The summed E-state index contributed by atoms with van der Waals surface area (Å²) in [6.07, 6.45) is -0.620. The Kier molecular flexibility index (Phi) is 11.4. The van der Waals surface area contributed by atoms with Crippen molar-refractivity contribution in [1.82, 2.24) is 14.5 Å². The van der Waals surface area contributed by atoms with Gasteiger partial charge in [-0.25, -0.2) is 23.0 Å². The van der Waals surface area contributed by atoms with Crippen molar-refractivity contribution in [1.29, 1.82) is 0 Å². The molecule has 1 aliphatic heterocycles. The molecule has 0 aliphatic carbocycles. The van der Waals surface area contributed by atoms with Crippen LogP contribution in [0.5, 0.6) is 11.5 Å². The van der Waals surface area contributed by atoms with E-state index in [4.69, 9.17) is 48.2 Å². The Morgan fingerprint density at radius 1 is 1.12 bits per heavy atom. The fourth-order valence-corrected chi connectivity index (χ4v) is 8.91. The molecule has 2 unspecified atom stereocenters. The number of aromatic nitrogens is 2. The topological polar surface area (TPSA) is 178 Å². The molecule has 0 bridgehead atoms. The summed E-state index contributed by atoms with van der Waals surface area (Å²) in [5.74, 6) is -0.356. The number of carbonyl (C=O) groups excluding carboxylic acids is 1. The van der Waals surface area contributed by atoms with Gasteiger partial charge < -0.3 is 19.0 Å². The van der Waals surface area contributed by atoms with Gasteiger partial charge in [-0.2, -0.15) is 5.10 Å². The highest BCUT2D eigenvalue weighted by Gasteiger charge is 2.26. The molecule has 49 heavy (non-hydrogen) atoms. The van der Waals surface area contributed by atoms with Gasteiger partial charge in [-0.15, -0.1) is 22.4 Å². The lowest BCUT2D eigenvalue weighted by atomic mass is 10.1. The molecule has 4 aromatic rings. The number of primary sulfonamides is 1. The first-order valence-electron chi connectivity index (χ1n) is 15.0. The summed E-state index contributed by atoms with van der Waals surface area (Å²) >= 11 is 10.7. The number of rotatable bonds is 13. The second-order valence-electron chi connectivity index (χ2n) is 11.0. The molecule has 1 saturated heterocycles. The van der Waals surface area contributed by atoms with E-state index in [1.165, 1.54) is 18.2 Å². The van der Waals surface area contributed by atoms with Crippen molar-refractivity contribution in [2.45, 2.75) is 31.3 Å². The summed E-state index contributed by atoms with van der Waals surface area (Å²) in [4.78, 5) is 29.2. The third-order valence-corrected chi connectivity index (χ3v) is 13.5. The van der Waals surface area contributed by atoms with Crippen LogP contribution in [-0.4, -0.2) is 72.9 Å². The van der Waals surface area contributed by atoms with Crippen molar-refractivity contribution in [2.24, 2.45) is 5.14 Å². The summed E-state index contributed by atoms with van der Waals surface area (Å²) < 4.78 is 44.4. The van der Waals surface area contributed by atoms with Gasteiger partial charge in [0, 0.05) is 24.0 Å². The van der Waals surface area contributed by atoms with Crippen molar-refractivity contribution in [3.8, 4) is 28.4 Å². The standard InChI is InChI=1S/C31H34N5O9PS3/c1-3-24(45-36(38)39)20-43-30-19-22(29-18-21(2)33-35(29)23-5-11-27(12-6-23)49(32,40)41)4-13-28(30)31(37)44-25-7-9-26(10-8-25)46(47,48)34-14-16-42-17-15-34/h4-13,18-19,24H,3,14-17,20H2,1-2H3,(H,47,48)(H2,32,40,41). The smallest absolute Gasteiger partial charge is 0.347 e. The van der Waals surface area contributed by atoms with Crippen LogP contribution in [0.15, 0.2) is 77.7 Å². The van der Waals surface area contributed by atoms with Crippen LogP contribution >= 0.6 is 17.6 Å². The number of hydrogen-bond donors (Lipinski definition) is 2. The van der Waals surface area contributed by atoms with E-state index in [9.17, 15) is 23.3 Å². The van der Waals surface area contributed by atoms with Gasteiger partial charge in [-0.1, -0.05) is 24.8 Å². The number of aryl methyl sites for hydroxylation is 1. The Morgan fingerprint density at radius 2 is 1.80 bits per heavy atom. The second-order valence-corrected chi connectivity index (χ2v) is 18.9. The molecule has 0 radical (unpaired) electrons. The first-order valence-corrected chi connectivity index (χ1v) is 20.5. The van der Waals surface area contributed by atoms with Gasteiger partial charge >= 0.3 is 5.97 Å². The molecule has 2 N–H and O–H groups in total. The van der Waals surface area contributed by atoms with Gasteiger partial charge in [0.1, 0.15) is 29.8 Å². The number of nitrogens with zero attached hydrogens (tertiary/aromatic N) is 4. The van der Waals surface area contributed by atoms with E-state index in [1.807, 2.05) is 0 Å². The molecule has 2 heterocycles. The van der Waals surface area contributed by atoms with Crippen LogP contribution < -0.4 is 19.9 Å². The van der Waals surface area contributed by atoms with Crippen molar-refractivity contribution >= 4 is 50.7 Å².